The zero-order valence-electron chi connectivity index (χ0n) is 12.0. The SMILES string of the molecule is CCn1cc(CC(NC)c2c(F)ccc(C)c2F)cn1. The van der Waals surface area contributed by atoms with Crippen molar-refractivity contribution in [3.05, 3.63) is 52.9 Å². The summed E-state index contributed by atoms with van der Waals surface area (Å²) in [5.41, 5.74) is 1.49. The Morgan fingerprint density at radius 1 is 1.35 bits per heavy atom. The van der Waals surface area contributed by atoms with Crippen molar-refractivity contribution in [3.63, 3.8) is 0 Å². The number of aryl methyl sites for hydroxylation is 2. The number of aromatic nitrogens is 2. The Bertz CT molecular complexity index is 593. The normalized spacial score (nSPS) is 12.7. The number of nitrogens with one attached hydrogen (secondary N) is 1. The second-order valence-electron chi connectivity index (χ2n) is 4.84. The standard InChI is InChI=1S/C15H19F2N3/c1-4-20-9-11(8-19-20)7-13(18-3)14-12(16)6-5-10(2)15(14)17/h5-6,8-9,13,18H,4,7H2,1-3H3. The van der Waals surface area contributed by atoms with Crippen LogP contribution in [0.25, 0.3) is 0 Å². The van der Waals surface area contributed by atoms with Gasteiger partial charge in [0, 0.05) is 24.3 Å². The fraction of sp³-hybridized carbons (Fsp3) is 0.400. The van der Waals surface area contributed by atoms with Gasteiger partial charge in [0.15, 0.2) is 0 Å². The molecule has 0 radical (unpaired) electrons. The van der Waals surface area contributed by atoms with Gasteiger partial charge in [-0.3, -0.25) is 4.68 Å². The molecule has 0 aliphatic rings. The maximum Gasteiger partial charge on any atom is 0.133 e. The maximum atomic E-state index is 14.2. The lowest BCUT2D eigenvalue weighted by molar-refractivity contribution is 0.486. The summed E-state index contributed by atoms with van der Waals surface area (Å²) < 4.78 is 29.9. The predicted octanol–water partition coefficient (Wildman–Crippen LogP) is 2.99. The summed E-state index contributed by atoms with van der Waals surface area (Å²) in [7, 11) is 1.70. The van der Waals surface area contributed by atoms with Crippen LogP contribution in [-0.2, 0) is 13.0 Å². The molecular weight excluding hydrogens is 260 g/mol. The van der Waals surface area contributed by atoms with Gasteiger partial charge < -0.3 is 5.32 Å². The van der Waals surface area contributed by atoms with E-state index < -0.39 is 17.7 Å². The van der Waals surface area contributed by atoms with Gasteiger partial charge in [-0.15, -0.1) is 0 Å². The number of rotatable bonds is 5. The molecule has 2 aromatic rings. The van der Waals surface area contributed by atoms with Gasteiger partial charge in [-0.2, -0.15) is 5.10 Å². The summed E-state index contributed by atoms with van der Waals surface area (Å²) in [5.74, 6) is -0.998. The van der Waals surface area contributed by atoms with Crippen molar-refractivity contribution in [2.75, 3.05) is 7.05 Å². The van der Waals surface area contributed by atoms with E-state index in [1.54, 1.807) is 24.9 Å². The van der Waals surface area contributed by atoms with Gasteiger partial charge in [0.25, 0.3) is 0 Å². The van der Waals surface area contributed by atoms with Gasteiger partial charge in [0.1, 0.15) is 11.6 Å². The molecule has 1 atom stereocenters. The number of benzene rings is 1. The van der Waals surface area contributed by atoms with Crippen molar-refractivity contribution in [2.45, 2.75) is 32.9 Å². The molecule has 108 valence electrons. The van der Waals surface area contributed by atoms with E-state index in [2.05, 4.69) is 10.4 Å². The number of halogens is 2. The smallest absolute Gasteiger partial charge is 0.133 e. The molecule has 0 bridgehead atoms. The minimum Gasteiger partial charge on any atom is -0.313 e. The number of hydrogen-bond donors (Lipinski definition) is 1. The first-order chi connectivity index (χ1) is 9.56. The summed E-state index contributed by atoms with van der Waals surface area (Å²) >= 11 is 0. The Morgan fingerprint density at radius 3 is 2.70 bits per heavy atom. The van der Waals surface area contributed by atoms with Crippen LogP contribution in [-0.4, -0.2) is 16.8 Å². The Kier molecular flexibility index (Phi) is 4.49. The molecule has 0 aliphatic heterocycles. The van der Waals surface area contributed by atoms with Crippen LogP contribution in [0.2, 0.25) is 0 Å². The molecule has 0 saturated heterocycles. The lowest BCUT2D eigenvalue weighted by Gasteiger charge is -2.18. The minimum atomic E-state index is -0.518. The first-order valence-electron chi connectivity index (χ1n) is 6.69. The van der Waals surface area contributed by atoms with Crippen molar-refractivity contribution in [1.29, 1.82) is 0 Å². The fourth-order valence-corrected chi connectivity index (χ4v) is 2.27. The highest BCUT2D eigenvalue weighted by Crippen LogP contribution is 2.25. The van der Waals surface area contributed by atoms with E-state index in [9.17, 15) is 8.78 Å². The first-order valence-corrected chi connectivity index (χ1v) is 6.69. The van der Waals surface area contributed by atoms with Gasteiger partial charge >= 0.3 is 0 Å². The Morgan fingerprint density at radius 2 is 2.10 bits per heavy atom. The Labute approximate surface area is 117 Å². The second-order valence-corrected chi connectivity index (χ2v) is 4.84. The van der Waals surface area contributed by atoms with E-state index in [4.69, 9.17) is 0 Å². The van der Waals surface area contributed by atoms with Crippen LogP contribution in [0.1, 0.15) is 29.7 Å². The zero-order chi connectivity index (χ0) is 14.7. The Balaban J connectivity index is 2.31. The van der Waals surface area contributed by atoms with Gasteiger partial charge in [0.05, 0.1) is 6.20 Å². The second kappa shape index (κ2) is 6.13. The van der Waals surface area contributed by atoms with E-state index in [-0.39, 0.29) is 5.56 Å². The van der Waals surface area contributed by atoms with Crippen LogP contribution in [0, 0.1) is 18.6 Å². The monoisotopic (exact) mass is 279 g/mol. The molecule has 2 rings (SSSR count). The topological polar surface area (TPSA) is 29.9 Å². The van der Waals surface area contributed by atoms with Crippen LogP contribution in [0.4, 0.5) is 8.78 Å². The molecular formula is C15H19F2N3. The molecule has 0 fully saturated rings. The van der Waals surface area contributed by atoms with E-state index in [0.717, 1.165) is 12.1 Å². The molecule has 1 N–H and O–H groups in total. The average Bonchev–Trinajstić information content (AvgIpc) is 2.90. The Hall–Kier alpha value is -1.75. The lowest BCUT2D eigenvalue weighted by Crippen LogP contribution is -2.21. The quantitative estimate of drug-likeness (QED) is 0.912. The molecule has 1 aromatic heterocycles. The van der Waals surface area contributed by atoms with Gasteiger partial charge in [-0.25, -0.2) is 8.78 Å². The molecule has 0 saturated carbocycles. The fourth-order valence-electron chi connectivity index (χ4n) is 2.27. The molecule has 0 spiro atoms. The van der Waals surface area contributed by atoms with Crippen LogP contribution in [0.15, 0.2) is 24.5 Å². The molecule has 1 heterocycles. The highest BCUT2D eigenvalue weighted by Gasteiger charge is 2.21. The van der Waals surface area contributed by atoms with E-state index >= 15 is 0 Å². The largest absolute Gasteiger partial charge is 0.313 e. The third kappa shape index (κ3) is 2.88. The molecule has 1 aromatic carbocycles. The van der Waals surface area contributed by atoms with E-state index in [1.165, 1.54) is 12.1 Å². The number of nitrogens with zero attached hydrogens (tertiary/aromatic N) is 2. The summed E-state index contributed by atoms with van der Waals surface area (Å²) in [6, 6.07) is 2.35. The van der Waals surface area contributed by atoms with Crippen LogP contribution < -0.4 is 5.32 Å². The summed E-state index contributed by atoms with van der Waals surface area (Å²) in [6.45, 7) is 4.41. The first kappa shape index (κ1) is 14.7. The van der Waals surface area contributed by atoms with Gasteiger partial charge in [-0.05, 0) is 44.5 Å². The number of hydrogen-bond acceptors (Lipinski definition) is 2. The van der Waals surface area contributed by atoms with Crippen molar-refractivity contribution < 1.29 is 8.78 Å². The van der Waals surface area contributed by atoms with E-state index in [0.29, 0.717) is 12.0 Å². The lowest BCUT2D eigenvalue weighted by atomic mass is 9.98. The van der Waals surface area contributed by atoms with Crippen molar-refractivity contribution in [2.24, 2.45) is 0 Å². The third-order valence-corrected chi connectivity index (χ3v) is 3.47. The summed E-state index contributed by atoms with van der Waals surface area (Å²) in [6.07, 6.45) is 4.13. The van der Waals surface area contributed by atoms with Gasteiger partial charge in [0.2, 0.25) is 0 Å². The predicted molar refractivity (Wildman–Crippen MR) is 74.5 cm³/mol. The zero-order valence-corrected chi connectivity index (χ0v) is 12.0. The molecule has 5 heteroatoms. The third-order valence-electron chi connectivity index (χ3n) is 3.47. The van der Waals surface area contributed by atoms with Crippen LogP contribution in [0.5, 0.6) is 0 Å². The number of likely N-dealkylation sites (N-methyl/N-ethyl adjacent to an activating group) is 1. The van der Waals surface area contributed by atoms with Crippen molar-refractivity contribution >= 4 is 0 Å². The molecule has 3 nitrogen and oxygen atoms in total. The van der Waals surface area contributed by atoms with Gasteiger partial charge in [-0.1, -0.05) is 6.07 Å². The highest BCUT2D eigenvalue weighted by atomic mass is 19.1. The average molecular weight is 279 g/mol. The maximum absolute atomic E-state index is 14.2. The van der Waals surface area contributed by atoms with Crippen LogP contribution >= 0.6 is 0 Å². The van der Waals surface area contributed by atoms with E-state index in [1.807, 2.05) is 13.1 Å². The molecule has 0 aliphatic carbocycles. The molecule has 1 unspecified atom stereocenters. The highest BCUT2D eigenvalue weighted by molar-refractivity contribution is 5.30. The molecule has 0 amide bonds. The summed E-state index contributed by atoms with van der Waals surface area (Å²) in [5, 5.41) is 7.17. The summed E-state index contributed by atoms with van der Waals surface area (Å²) in [4.78, 5) is 0. The van der Waals surface area contributed by atoms with Crippen molar-refractivity contribution in [3.8, 4) is 0 Å². The molecule has 20 heavy (non-hydrogen) atoms. The van der Waals surface area contributed by atoms with Crippen LogP contribution in [0.3, 0.4) is 0 Å². The van der Waals surface area contributed by atoms with Crippen molar-refractivity contribution in [1.82, 2.24) is 15.1 Å². The minimum absolute atomic E-state index is 0.0942.